The topological polar surface area (TPSA) is 54.5 Å². The van der Waals surface area contributed by atoms with Crippen molar-refractivity contribution in [3.8, 4) is 11.4 Å². The van der Waals surface area contributed by atoms with E-state index in [1.165, 1.54) is 0 Å². The number of aryl methyl sites for hydroxylation is 1. The van der Waals surface area contributed by atoms with E-state index in [2.05, 4.69) is 20.2 Å². The van der Waals surface area contributed by atoms with Gasteiger partial charge in [0.15, 0.2) is 5.82 Å². The van der Waals surface area contributed by atoms with Crippen LogP contribution in [0.4, 0.5) is 0 Å². The maximum atomic E-state index is 6.07. The van der Waals surface area contributed by atoms with Gasteiger partial charge in [-0.15, -0.1) is 0 Å². The molecule has 2 rings (SSSR count). The molecule has 78 valence electrons. The summed E-state index contributed by atoms with van der Waals surface area (Å²) < 4.78 is 0. The molecule has 2 aromatic heterocycles. The molecule has 15 heavy (non-hydrogen) atoms. The second-order valence-corrected chi connectivity index (χ2v) is 3.60. The molecule has 0 saturated heterocycles. The molecule has 5 heteroatoms. The molecule has 0 saturated carbocycles. The third kappa shape index (κ3) is 1.85. The third-order valence-electron chi connectivity index (χ3n) is 2.27. The van der Waals surface area contributed by atoms with E-state index in [1.54, 1.807) is 12.4 Å². The highest BCUT2D eigenvalue weighted by Gasteiger charge is 2.10. The van der Waals surface area contributed by atoms with Gasteiger partial charge in [0, 0.05) is 17.5 Å². The van der Waals surface area contributed by atoms with Crippen molar-refractivity contribution in [1.29, 1.82) is 0 Å². The summed E-state index contributed by atoms with van der Waals surface area (Å²) in [5.41, 5.74) is 2.78. The molecule has 0 bridgehead atoms. The van der Waals surface area contributed by atoms with Crippen molar-refractivity contribution in [3.63, 3.8) is 0 Å². The predicted octanol–water partition coefficient (Wildman–Crippen LogP) is 2.39. The van der Waals surface area contributed by atoms with Crippen LogP contribution < -0.4 is 0 Å². The fourth-order valence-electron chi connectivity index (χ4n) is 1.47. The second kappa shape index (κ2) is 3.98. The largest absolute Gasteiger partial charge is 0.285 e. The number of hydrogen-bond donors (Lipinski definition) is 1. The van der Waals surface area contributed by atoms with Gasteiger partial charge >= 0.3 is 0 Å². The van der Waals surface area contributed by atoms with Crippen LogP contribution in [-0.4, -0.2) is 20.2 Å². The van der Waals surface area contributed by atoms with Crippen LogP contribution in [0.3, 0.4) is 0 Å². The second-order valence-electron chi connectivity index (χ2n) is 3.24. The van der Waals surface area contributed by atoms with Gasteiger partial charge in [0.1, 0.15) is 5.15 Å². The first-order valence-electron chi connectivity index (χ1n) is 4.74. The molecule has 0 aliphatic rings. The summed E-state index contributed by atoms with van der Waals surface area (Å²) in [6, 6.07) is 0. The molecule has 0 radical (unpaired) electrons. The van der Waals surface area contributed by atoms with Crippen molar-refractivity contribution < 1.29 is 0 Å². The monoisotopic (exact) mass is 222 g/mol. The van der Waals surface area contributed by atoms with Gasteiger partial charge in [-0.3, -0.25) is 5.10 Å². The van der Waals surface area contributed by atoms with E-state index < -0.39 is 0 Å². The van der Waals surface area contributed by atoms with Crippen molar-refractivity contribution >= 4 is 11.6 Å². The number of H-pyrrole nitrogens is 1. The minimum atomic E-state index is 0.529. The summed E-state index contributed by atoms with van der Waals surface area (Å²) in [5, 5.41) is 7.10. The van der Waals surface area contributed by atoms with Gasteiger partial charge < -0.3 is 0 Å². The zero-order valence-electron chi connectivity index (χ0n) is 8.58. The van der Waals surface area contributed by atoms with Crippen molar-refractivity contribution in [1.82, 2.24) is 20.2 Å². The smallest absolute Gasteiger partial charge is 0.164 e. The van der Waals surface area contributed by atoms with Crippen LogP contribution in [0, 0.1) is 6.92 Å². The Labute approximate surface area is 92.7 Å². The van der Waals surface area contributed by atoms with Gasteiger partial charge in [0.25, 0.3) is 0 Å². The van der Waals surface area contributed by atoms with Crippen LogP contribution in [0.1, 0.15) is 18.2 Å². The first kappa shape index (κ1) is 10.1. The van der Waals surface area contributed by atoms with Crippen LogP contribution in [0.15, 0.2) is 12.4 Å². The van der Waals surface area contributed by atoms with E-state index in [-0.39, 0.29) is 0 Å². The van der Waals surface area contributed by atoms with Crippen LogP contribution in [0.25, 0.3) is 11.4 Å². The van der Waals surface area contributed by atoms with Crippen molar-refractivity contribution in [2.75, 3.05) is 0 Å². The quantitative estimate of drug-likeness (QED) is 0.794. The van der Waals surface area contributed by atoms with E-state index in [0.29, 0.717) is 11.0 Å². The van der Waals surface area contributed by atoms with Gasteiger partial charge in [-0.1, -0.05) is 18.5 Å². The highest BCUT2D eigenvalue weighted by atomic mass is 35.5. The maximum Gasteiger partial charge on any atom is 0.164 e. The van der Waals surface area contributed by atoms with Crippen LogP contribution in [-0.2, 0) is 6.42 Å². The van der Waals surface area contributed by atoms with Crippen molar-refractivity contribution in [2.45, 2.75) is 20.3 Å². The zero-order chi connectivity index (χ0) is 10.8. The molecule has 2 aromatic rings. The minimum Gasteiger partial charge on any atom is -0.285 e. The molecule has 4 nitrogen and oxygen atoms in total. The van der Waals surface area contributed by atoms with E-state index in [4.69, 9.17) is 11.6 Å². The van der Waals surface area contributed by atoms with Gasteiger partial charge in [-0.25, -0.2) is 9.97 Å². The number of nitrogens with zero attached hydrogens (tertiary/aromatic N) is 3. The molecule has 0 spiro atoms. The van der Waals surface area contributed by atoms with Gasteiger partial charge in [-0.05, 0) is 13.3 Å². The highest BCUT2D eigenvalue weighted by Crippen LogP contribution is 2.21. The van der Waals surface area contributed by atoms with E-state index in [9.17, 15) is 0 Å². The highest BCUT2D eigenvalue weighted by molar-refractivity contribution is 6.30. The number of nitrogens with one attached hydrogen (secondary N) is 1. The Morgan fingerprint density at radius 1 is 1.40 bits per heavy atom. The lowest BCUT2D eigenvalue weighted by atomic mass is 10.2. The summed E-state index contributed by atoms with van der Waals surface area (Å²) in [6.07, 6.45) is 4.27. The minimum absolute atomic E-state index is 0.529. The first-order valence-corrected chi connectivity index (χ1v) is 5.12. The molecule has 0 amide bonds. The molecule has 1 N–H and O–H groups in total. The zero-order valence-corrected chi connectivity index (χ0v) is 9.34. The summed E-state index contributed by atoms with van der Waals surface area (Å²) in [5.74, 6) is 0.614. The number of aromatic nitrogens is 4. The molecular weight excluding hydrogens is 212 g/mol. The lowest BCUT2D eigenvalue weighted by Gasteiger charge is -2.05. The standard InChI is InChI=1S/C10H11ClN4/c1-3-8-6(2)14-10(15-9(8)11)7-4-12-13-5-7/h4-5H,3H2,1-2H3,(H,12,13). The average Bonchev–Trinajstić information content (AvgIpc) is 2.69. The summed E-state index contributed by atoms with van der Waals surface area (Å²) in [7, 11) is 0. The molecule has 0 aromatic carbocycles. The molecule has 0 atom stereocenters. The Kier molecular flexibility index (Phi) is 2.68. The number of rotatable bonds is 2. The van der Waals surface area contributed by atoms with Crippen LogP contribution in [0.2, 0.25) is 5.15 Å². The summed E-state index contributed by atoms with van der Waals surface area (Å²) in [4.78, 5) is 8.63. The summed E-state index contributed by atoms with van der Waals surface area (Å²) >= 11 is 6.07. The predicted molar refractivity (Wildman–Crippen MR) is 58.7 cm³/mol. The third-order valence-corrected chi connectivity index (χ3v) is 2.59. The lowest BCUT2D eigenvalue weighted by molar-refractivity contribution is 1.00. The lowest BCUT2D eigenvalue weighted by Crippen LogP contribution is -1.98. The Bertz CT molecular complexity index is 441. The van der Waals surface area contributed by atoms with Gasteiger partial charge in [0.05, 0.1) is 11.8 Å². The SMILES string of the molecule is CCc1c(C)nc(-c2cn[nH]c2)nc1Cl. The van der Waals surface area contributed by atoms with E-state index >= 15 is 0 Å². The molecular formula is C10H11ClN4. The van der Waals surface area contributed by atoms with Crippen molar-refractivity contribution in [2.24, 2.45) is 0 Å². The Morgan fingerprint density at radius 2 is 2.20 bits per heavy atom. The number of aromatic amines is 1. The average molecular weight is 223 g/mol. The Hall–Kier alpha value is -1.42. The number of hydrogen-bond acceptors (Lipinski definition) is 3. The Balaban J connectivity index is 2.53. The Morgan fingerprint density at radius 3 is 2.73 bits per heavy atom. The normalized spacial score (nSPS) is 10.6. The number of halogens is 1. The molecule has 0 aliphatic heterocycles. The summed E-state index contributed by atoms with van der Waals surface area (Å²) in [6.45, 7) is 3.98. The molecule has 0 fully saturated rings. The molecule has 2 heterocycles. The van der Waals surface area contributed by atoms with Gasteiger partial charge in [-0.2, -0.15) is 5.10 Å². The molecule has 0 unspecified atom stereocenters. The van der Waals surface area contributed by atoms with Crippen LogP contribution in [0.5, 0.6) is 0 Å². The fraction of sp³-hybridized carbons (Fsp3) is 0.300. The molecule has 0 aliphatic carbocycles. The van der Waals surface area contributed by atoms with E-state index in [1.807, 2.05) is 13.8 Å². The van der Waals surface area contributed by atoms with Gasteiger partial charge in [0.2, 0.25) is 0 Å². The maximum absolute atomic E-state index is 6.07. The van der Waals surface area contributed by atoms with Crippen LogP contribution >= 0.6 is 11.6 Å². The van der Waals surface area contributed by atoms with E-state index in [0.717, 1.165) is 23.2 Å². The van der Waals surface area contributed by atoms with Crippen molar-refractivity contribution in [3.05, 3.63) is 28.8 Å². The fourth-order valence-corrected chi connectivity index (χ4v) is 1.82. The first-order chi connectivity index (χ1) is 7.22.